The SMILES string of the molecule is CC(C)(C)c1ccc(-c2csc(C(=O)Nc3ccc(-c4ccc(C(=O)O)cc4)cc3)c2)cc1. The maximum Gasteiger partial charge on any atom is 0.335 e. The molecule has 0 atom stereocenters. The molecule has 1 heterocycles. The van der Waals surface area contributed by atoms with E-state index in [1.807, 2.05) is 35.7 Å². The van der Waals surface area contributed by atoms with Crippen LogP contribution in [0.4, 0.5) is 5.69 Å². The minimum atomic E-state index is -0.946. The van der Waals surface area contributed by atoms with Crippen LogP contribution in [0.3, 0.4) is 0 Å². The summed E-state index contributed by atoms with van der Waals surface area (Å²) >= 11 is 1.43. The van der Waals surface area contributed by atoms with E-state index in [1.165, 1.54) is 16.9 Å². The average Bonchev–Trinajstić information content (AvgIpc) is 3.30. The number of amides is 1. The third-order valence-electron chi connectivity index (χ3n) is 5.52. The van der Waals surface area contributed by atoms with Gasteiger partial charge in [0.05, 0.1) is 10.4 Å². The molecule has 0 fully saturated rings. The van der Waals surface area contributed by atoms with Gasteiger partial charge in [0.15, 0.2) is 0 Å². The van der Waals surface area contributed by atoms with Crippen LogP contribution in [0.25, 0.3) is 22.3 Å². The summed E-state index contributed by atoms with van der Waals surface area (Å²) in [7, 11) is 0. The highest BCUT2D eigenvalue weighted by atomic mass is 32.1. The van der Waals surface area contributed by atoms with Crippen molar-refractivity contribution in [2.75, 3.05) is 5.32 Å². The van der Waals surface area contributed by atoms with Crippen molar-refractivity contribution in [2.45, 2.75) is 26.2 Å². The molecule has 0 aliphatic heterocycles. The molecule has 4 rings (SSSR count). The topological polar surface area (TPSA) is 66.4 Å². The molecule has 166 valence electrons. The average molecular weight is 456 g/mol. The number of anilines is 1. The van der Waals surface area contributed by atoms with Gasteiger partial charge in [-0.2, -0.15) is 0 Å². The van der Waals surface area contributed by atoms with E-state index in [0.29, 0.717) is 10.6 Å². The Bertz CT molecular complexity index is 1280. The van der Waals surface area contributed by atoms with Crippen molar-refractivity contribution >= 4 is 28.9 Å². The fraction of sp³-hybridized carbons (Fsp3) is 0.143. The van der Waals surface area contributed by atoms with E-state index >= 15 is 0 Å². The van der Waals surface area contributed by atoms with Crippen LogP contribution in [0.15, 0.2) is 84.2 Å². The zero-order valence-electron chi connectivity index (χ0n) is 18.8. The Labute approximate surface area is 197 Å². The molecular weight excluding hydrogens is 430 g/mol. The minimum Gasteiger partial charge on any atom is -0.478 e. The second kappa shape index (κ2) is 9.04. The van der Waals surface area contributed by atoms with Gasteiger partial charge >= 0.3 is 5.97 Å². The number of thiophene rings is 1. The van der Waals surface area contributed by atoms with Crippen molar-refractivity contribution in [3.8, 4) is 22.3 Å². The number of nitrogens with one attached hydrogen (secondary N) is 1. The number of benzene rings is 3. The zero-order chi connectivity index (χ0) is 23.6. The first kappa shape index (κ1) is 22.5. The summed E-state index contributed by atoms with van der Waals surface area (Å²) in [6.45, 7) is 6.57. The minimum absolute atomic E-state index is 0.107. The summed E-state index contributed by atoms with van der Waals surface area (Å²) in [5.41, 5.74) is 6.33. The first-order chi connectivity index (χ1) is 15.7. The van der Waals surface area contributed by atoms with Gasteiger partial charge in [-0.3, -0.25) is 4.79 Å². The van der Waals surface area contributed by atoms with E-state index in [1.54, 1.807) is 24.3 Å². The molecule has 0 aliphatic rings. The Morgan fingerprint density at radius 1 is 0.758 bits per heavy atom. The fourth-order valence-corrected chi connectivity index (χ4v) is 4.32. The van der Waals surface area contributed by atoms with E-state index in [4.69, 9.17) is 5.11 Å². The molecule has 0 spiro atoms. The third-order valence-corrected chi connectivity index (χ3v) is 6.44. The van der Waals surface area contributed by atoms with Gasteiger partial charge in [-0.25, -0.2) is 4.79 Å². The highest BCUT2D eigenvalue weighted by Crippen LogP contribution is 2.29. The molecule has 2 N–H and O–H groups in total. The number of hydrogen-bond acceptors (Lipinski definition) is 3. The maximum absolute atomic E-state index is 12.7. The molecule has 0 unspecified atom stereocenters. The molecule has 0 saturated heterocycles. The lowest BCUT2D eigenvalue weighted by Crippen LogP contribution is -2.10. The van der Waals surface area contributed by atoms with Crippen molar-refractivity contribution in [2.24, 2.45) is 0 Å². The normalized spacial score (nSPS) is 11.2. The second-order valence-corrected chi connectivity index (χ2v) is 9.85. The highest BCUT2D eigenvalue weighted by molar-refractivity contribution is 7.12. The first-order valence-corrected chi connectivity index (χ1v) is 11.5. The number of carbonyl (C=O) groups excluding carboxylic acids is 1. The first-order valence-electron chi connectivity index (χ1n) is 10.7. The van der Waals surface area contributed by atoms with Crippen LogP contribution in [0.1, 0.15) is 46.4 Å². The molecule has 1 aromatic heterocycles. The van der Waals surface area contributed by atoms with Crippen LogP contribution in [0.2, 0.25) is 0 Å². The summed E-state index contributed by atoms with van der Waals surface area (Å²) < 4.78 is 0. The summed E-state index contributed by atoms with van der Waals surface area (Å²) in [6, 6.07) is 24.6. The van der Waals surface area contributed by atoms with Gasteiger partial charge in [-0.15, -0.1) is 11.3 Å². The van der Waals surface area contributed by atoms with Crippen molar-refractivity contribution in [1.82, 2.24) is 0 Å². The number of aromatic carboxylic acids is 1. The quantitative estimate of drug-likeness (QED) is 0.331. The van der Waals surface area contributed by atoms with Crippen LogP contribution < -0.4 is 5.32 Å². The second-order valence-electron chi connectivity index (χ2n) is 8.94. The van der Waals surface area contributed by atoms with Crippen LogP contribution in [-0.4, -0.2) is 17.0 Å². The lowest BCUT2D eigenvalue weighted by atomic mass is 9.86. The van der Waals surface area contributed by atoms with Crippen LogP contribution >= 0.6 is 11.3 Å². The number of carboxylic acids is 1. The van der Waals surface area contributed by atoms with E-state index < -0.39 is 5.97 Å². The van der Waals surface area contributed by atoms with Gasteiger partial charge < -0.3 is 10.4 Å². The Kier molecular flexibility index (Phi) is 6.16. The lowest BCUT2D eigenvalue weighted by Gasteiger charge is -2.19. The standard InChI is InChI=1S/C28H25NO3S/c1-28(2,3)23-12-8-20(9-13-23)22-16-25(33-17-22)26(30)29-24-14-10-19(11-15-24)18-4-6-21(7-5-18)27(31)32/h4-17H,1-3H3,(H,29,30)(H,31,32). The Hall–Kier alpha value is -3.70. The lowest BCUT2D eigenvalue weighted by molar-refractivity contribution is 0.0696. The van der Waals surface area contributed by atoms with Crippen LogP contribution in [-0.2, 0) is 5.41 Å². The molecule has 0 bridgehead atoms. The van der Waals surface area contributed by atoms with Crippen LogP contribution in [0.5, 0.6) is 0 Å². The molecule has 3 aromatic carbocycles. The van der Waals surface area contributed by atoms with E-state index in [-0.39, 0.29) is 16.9 Å². The van der Waals surface area contributed by atoms with Crippen molar-refractivity contribution < 1.29 is 14.7 Å². The highest BCUT2D eigenvalue weighted by Gasteiger charge is 2.14. The third kappa shape index (κ3) is 5.21. The van der Waals surface area contributed by atoms with Crippen molar-refractivity contribution in [3.05, 3.63) is 100 Å². The molecule has 4 aromatic rings. The maximum atomic E-state index is 12.7. The molecule has 0 radical (unpaired) electrons. The Morgan fingerprint density at radius 2 is 1.27 bits per heavy atom. The van der Waals surface area contributed by atoms with Crippen molar-refractivity contribution in [3.63, 3.8) is 0 Å². The number of carbonyl (C=O) groups is 2. The van der Waals surface area contributed by atoms with Gasteiger partial charge in [0, 0.05) is 5.69 Å². The largest absolute Gasteiger partial charge is 0.478 e. The van der Waals surface area contributed by atoms with Gasteiger partial charge in [0.2, 0.25) is 0 Å². The summed E-state index contributed by atoms with van der Waals surface area (Å²) in [5, 5.41) is 14.0. The molecule has 33 heavy (non-hydrogen) atoms. The monoisotopic (exact) mass is 455 g/mol. The molecule has 0 aliphatic carbocycles. The summed E-state index contributed by atoms with van der Waals surface area (Å²) in [6.07, 6.45) is 0. The number of hydrogen-bond donors (Lipinski definition) is 2. The molecule has 5 heteroatoms. The van der Waals surface area contributed by atoms with E-state index in [9.17, 15) is 9.59 Å². The smallest absolute Gasteiger partial charge is 0.335 e. The van der Waals surface area contributed by atoms with E-state index in [2.05, 4.69) is 50.4 Å². The number of carboxylic acid groups (broad SMARTS) is 1. The van der Waals surface area contributed by atoms with Crippen molar-refractivity contribution in [1.29, 1.82) is 0 Å². The Morgan fingerprint density at radius 3 is 1.82 bits per heavy atom. The predicted molar refractivity (Wildman–Crippen MR) is 135 cm³/mol. The number of rotatable bonds is 5. The molecule has 0 saturated carbocycles. The van der Waals surface area contributed by atoms with Gasteiger partial charge in [0.25, 0.3) is 5.91 Å². The van der Waals surface area contributed by atoms with Gasteiger partial charge in [-0.05, 0) is 68.9 Å². The van der Waals surface area contributed by atoms with Gasteiger partial charge in [0.1, 0.15) is 0 Å². The molecular formula is C28H25NO3S. The van der Waals surface area contributed by atoms with E-state index in [0.717, 1.165) is 22.3 Å². The molecule has 1 amide bonds. The summed E-state index contributed by atoms with van der Waals surface area (Å²) in [5.74, 6) is -1.09. The fourth-order valence-electron chi connectivity index (χ4n) is 3.51. The molecule has 4 nitrogen and oxygen atoms in total. The van der Waals surface area contributed by atoms with Crippen LogP contribution in [0, 0.1) is 0 Å². The zero-order valence-corrected chi connectivity index (χ0v) is 19.6. The predicted octanol–water partition coefficient (Wildman–Crippen LogP) is 7.33. The Balaban J connectivity index is 1.43. The van der Waals surface area contributed by atoms with Gasteiger partial charge in [-0.1, -0.05) is 69.3 Å². The summed E-state index contributed by atoms with van der Waals surface area (Å²) in [4.78, 5) is 24.4.